The van der Waals surface area contributed by atoms with Crippen LogP contribution in [-0.4, -0.2) is 50.2 Å². The molecule has 4 heteroatoms. The van der Waals surface area contributed by atoms with E-state index in [4.69, 9.17) is 0 Å². The minimum atomic E-state index is 0.738. The van der Waals surface area contributed by atoms with E-state index in [1.54, 1.807) is 0 Å². The lowest BCUT2D eigenvalue weighted by Crippen LogP contribution is -2.28. The van der Waals surface area contributed by atoms with Crippen molar-refractivity contribution in [2.75, 3.05) is 39.1 Å². The first-order valence-electron chi connectivity index (χ1n) is 6.69. The summed E-state index contributed by atoms with van der Waals surface area (Å²) in [6.07, 6.45) is 4.55. The molecule has 1 fully saturated rings. The Labute approximate surface area is 110 Å². The summed E-state index contributed by atoms with van der Waals surface area (Å²) >= 11 is 0. The lowest BCUT2D eigenvalue weighted by Gasteiger charge is -2.21. The quantitative estimate of drug-likeness (QED) is 0.789. The number of hydrogen-bond acceptors (Lipinski definition) is 4. The summed E-state index contributed by atoms with van der Waals surface area (Å²) in [5.74, 6) is 0. The first kappa shape index (κ1) is 13.3. The van der Waals surface area contributed by atoms with Gasteiger partial charge in [-0.05, 0) is 39.1 Å². The van der Waals surface area contributed by atoms with E-state index < -0.39 is 0 Å². The molecule has 100 valence electrons. The number of rotatable bonds is 7. The van der Waals surface area contributed by atoms with Crippen molar-refractivity contribution >= 4 is 5.69 Å². The van der Waals surface area contributed by atoms with Gasteiger partial charge in [0.25, 0.3) is 0 Å². The highest BCUT2D eigenvalue weighted by molar-refractivity contribution is 5.45. The number of nitrogens with zero attached hydrogens (tertiary/aromatic N) is 3. The molecule has 0 bridgehead atoms. The summed E-state index contributed by atoms with van der Waals surface area (Å²) in [6.45, 7) is 2.99. The van der Waals surface area contributed by atoms with Gasteiger partial charge >= 0.3 is 0 Å². The van der Waals surface area contributed by atoms with Gasteiger partial charge in [-0.25, -0.2) is 0 Å². The van der Waals surface area contributed by atoms with Gasteiger partial charge in [-0.3, -0.25) is 4.98 Å². The number of anilines is 1. The minimum absolute atomic E-state index is 0.738. The van der Waals surface area contributed by atoms with Gasteiger partial charge in [-0.15, -0.1) is 0 Å². The zero-order valence-electron chi connectivity index (χ0n) is 11.7. The molecule has 1 heterocycles. The number of nitrogens with one attached hydrogen (secondary N) is 1. The Morgan fingerprint density at radius 2 is 2.06 bits per heavy atom. The van der Waals surface area contributed by atoms with Crippen LogP contribution >= 0.6 is 0 Å². The Kier molecular flexibility index (Phi) is 4.55. The second kappa shape index (κ2) is 6.16. The predicted molar refractivity (Wildman–Crippen MR) is 75.9 cm³/mol. The Balaban J connectivity index is 1.88. The lowest BCUT2D eigenvalue weighted by molar-refractivity contribution is 0.416. The Bertz CT molecular complexity index is 374. The summed E-state index contributed by atoms with van der Waals surface area (Å²) in [5, 5.41) is 3.50. The van der Waals surface area contributed by atoms with E-state index in [1.807, 2.05) is 6.20 Å². The highest BCUT2D eigenvalue weighted by atomic mass is 15.2. The normalized spacial score (nSPS) is 15.1. The topological polar surface area (TPSA) is 31.4 Å². The van der Waals surface area contributed by atoms with Crippen molar-refractivity contribution in [3.8, 4) is 0 Å². The molecule has 0 aromatic carbocycles. The third-order valence-electron chi connectivity index (χ3n) is 3.27. The average molecular weight is 248 g/mol. The molecule has 0 atom stereocenters. The largest absolute Gasteiger partial charge is 0.373 e. The van der Waals surface area contributed by atoms with Crippen LogP contribution in [0, 0.1) is 0 Å². The highest BCUT2D eigenvalue weighted by Gasteiger charge is 2.20. The summed E-state index contributed by atoms with van der Waals surface area (Å²) < 4.78 is 0. The SMILES string of the molecule is CN(C)CCN(C)c1ccnc(CNC2CC2)c1. The molecule has 0 amide bonds. The molecular formula is C14H24N4. The maximum atomic E-state index is 4.42. The second-order valence-electron chi connectivity index (χ2n) is 5.39. The first-order valence-corrected chi connectivity index (χ1v) is 6.69. The third kappa shape index (κ3) is 4.27. The fraction of sp³-hybridized carbons (Fsp3) is 0.643. The van der Waals surface area contributed by atoms with Gasteiger partial charge in [0.1, 0.15) is 0 Å². The van der Waals surface area contributed by atoms with E-state index in [2.05, 4.69) is 53.4 Å². The number of hydrogen-bond donors (Lipinski definition) is 1. The van der Waals surface area contributed by atoms with Crippen molar-refractivity contribution in [1.29, 1.82) is 0 Å². The molecule has 1 N–H and O–H groups in total. The van der Waals surface area contributed by atoms with Gasteiger partial charge in [0, 0.05) is 44.6 Å². The fourth-order valence-corrected chi connectivity index (χ4v) is 1.82. The van der Waals surface area contributed by atoms with E-state index in [1.165, 1.54) is 18.5 Å². The maximum absolute atomic E-state index is 4.42. The molecular weight excluding hydrogens is 224 g/mol. The molecule has 0 aliphatic heterocycles. The second-order valence-corrected chi connectivity index (χ2v) is 5.39. The van der Waals surface area contributed by atoms with Gasteiger partial charge in [0.2, 0.25) is 0 Å². The number of likely N-dealkylation sites (N-methyl/N-ethyl adjacent to an activating group) is 2. The predicted octanol–water partition coefficient (Wildman–Crippen LogP) is 1.33. The Hall–Kier alpha value is -1.13. The van der Waals surface area contributed by atoms with Gasteiger partial charge in [0.05, 0.1) is 5.69 Å². The third-order valence-corrected chi connectivity index (χ3v) is 3.27. The summed E-state index contributed by atoms with van der Waals surface area (Å²) in [4.78, 5) is 8.90. The van der Waals surface area contributed by atoms with Crippen LogP contribution in [0.15, 0.2) is 18.3 Å². The maximum Gasteiger partial charge on any atom is 0.0562 e. The van der Waals surface area contributed by atoms with Crippen LogP contribution in [-0.2, 0) is 6.54 Å². The molecule has 18 heavy (non-hydrogen) atoms. The molecule has 1 aromatic rings. The zero-order valence-corrected chi connectivity index (χ0v) is 11.7. The molecule has 0 spiro atoms. The molecule has 2 rings (SSSR count). The fourth-order valence-electron chi connectivity index (χ4n) is 1.82. The van der Waals surface area contributed by atoms with Gasteiger partial charge < -0.3 is 15.1 Å². The first-order chi connectivity index (χ1) is 8.65. The van der Waals surface area contributed by atoms with E-state index in [0.29, 0.717) is 0 Å². The minimum Gasteiger partial charge on any atom is -0.373 e. The van der Waals surface area contributed by atoms with Crippen molar-refractivity contribution in [3.05, 3.63) is 24.0 Å². The number of pyridine rings is 1. The van der Waals surface area contributed by atoms with Crippen LogP contribution in [0.3, 0.4) is 0 Å². The van der Waals surface area contributed by atoms with Crippen LogP contribution < -0.4 is 10.2 Å². The smallest absolute Gasteiger partial charge is 0.0562 e. The molecule has 1 saturated carbocycles. The van der Waals surface area contributed by atoms with Crippen molar-refractivity contribution < 1.29 is 0 Å². The molecule has 4 nitrogen and oxygen atoms in total. The Morgan fingerprint density at radius 1 is 1.28 bits per heavy atom. The number of aromatic nitrogens is 1. The van der Waals surface area contributed by atoms with Crippen molar-refractivity contribution in [2.24, 2.45) is 0 Å². The molecule has 1 aromatic heterocycles. The van der Waals surface area contributed by atoms with Crippen molar-refractivity contribution in [2.45, 2.75) is 25.4 Å². The summed E-state index contributed by atoms with van der Waals surface area (Å²) in [7, 11) is 6.34. The monoisotopic (exact) mass is 248 g/mol. The van der Waals surface area contributed by atoms with Crippen LogP contribution in [0.1, 0.15) is 18.5 Å². The lowest BCUT2D eigenvalue weighted by atomic mass is 10.3. The summed E-state index contributed by atoms with van der Waals surface area (Å²) in [6, 6.07) is 5.00. The van der Waals surface area contributed by atoms with Crippen molar-refractivity contribution in [1.82, 2.24) is 15.2 Å². The summed E-state index contributed by atoms with van der Waals surface area (Å²) in [5.41, 5.74) is 2.38. The van der Waals surface area contributed by atoms with Crippen molar-refractivity contribution in [3.63, 3.8) is 0 Å². The van der Waals surface area contributed by atoms with E-state index in [0.717, 1.165) is 31.4 Å². The van der Waals surface area contributed by atoms with Crippen LogP contribution in [0.2, 0.25) is 0 Å². The molecule has 1 aliphatic carbocycles. The van der Waals surface area contributed by atoms with Crippen LogP contribution in [0.25, 0.3) is 0 Å². The highest BCUT2D eigenvalue weighted by Crippen LogP contribution is 2.19. The molecule has 0 unspecified atom stereocenters. The zero-order chi connectivity index (χ0) is 13.0. The van der Waals surface area contributed by atoms with E-state index >= 15 is 0 Å². The molecule has 1 aliphatic rings. The standard InChI is InChI=1S/C14H24N4/c1-17(2)8-9-18(3)14-6-7-15-13(10-14)11-16-12-4-5-12/h6-7,10,12,16H,4-5,8-9,11H2,1-3H3. The Morgan fingerprint density at radius 3 is 2.72 bits per heavy atom. The van der Waals surface area contributed by atoms with Crippen LogP contribution in [0.4, 0.5) is 5.69 Å². The average Bonchev–Trinajstić information content (AvgIpc) is 3.18. The van der Waals surface area contributed by atoms with Gasteiger partial charge in [0.15, 0.2) is 0 Å². The molecule has 0 saturated heterocycles. The van der Waals surface area contributed by atoms with E-state index in [9.17, 15) is 0 Å². The van der Waals surface area contributed by atoms with Gasteiger partial charge in [-0.1, -0.05) is 0 Å². The van der Waals surface area contributed by atoms with Crippen LogP contribution in [0.5, 0.6) is 0 Å². The molecule has 0 radical (unpaired) electrons. The van der Waals surface area contributed by atoms with Gasteiger partial charge in [-0.2, -0.15) is 0 Å². The van der Waals surface area contributed by atoms with E-state index in [-0.39, 0.29) is 0 Å².